The first-order valence-electron chi connectivity index (χ1n) is 10.9. The van der Waals surface area contributed by atoms with Crippen LogP contribution >= 0.6 is 11.3 Å². The van der Waals surface area contributed by atoms with Gasteiger partial charge in [0.15, 0.2) is 0 Å². The van der Waals surface area contributed by atoms with E-state index in [-0.39, 0.29) is 17.9 Å². The lowest BCUT2D eigenvalue weighted by Crippen LogP contribution is -2.26. The average Bonchev–Trinajstić information content (AvgIpc) is 3.28. The zero-order valence-corrected chi connectivity index (χ0v) is 19.8. The van der Waals surface area contributed by atoms with Crippen molar-refractivity contribution in [2.24, 2.45) is 0 Å². The van der Waals surface area contributed by atoms with Crippen molar-refractivity contribution in [3.8, 4) is 5.75 Å². The van der Waals surface area contributed by atoms with E-state index in [1.807, 2.05) is 67.8 Å². The van der Waals surface area contributed by atoms with Gasteiger partial charge in [0.2, 0.25) is 0 Å². The molecule has 0 bridgehead atoms. The fourth-order valence-electron chi connectivity index (χ4n) is 3.40. The Labute approximate surface area is 202 Å². The van der Waals surface area contributed by atoms with E-state index < -0.39 is 0 Å². The quantitative estimate of drug-likeness (QED) is 0.342. The molecule has 0 aliphatic rings. The number of aromatic nitrogens is 1. The summed E-state index contributed by atoms with van der Waals surface area (Å²) in [6.07, 6.45) is 0. The largest absolute Gasteiger partial charge is 0.487 e. The minimum atomic E-state index is -0.261. The first-order chi connectivity index (χ1) is 16.5. The van der Waals surface area contributed by atoms with E-state index in [9.17, 15) is 9.59 Å². The van der Waals surface area contributed by atoms with Crippen LogP contribution < -0.4 is 15.4 Å². The molecule has 0 radical (unpaired) electrons. The molecule has 0 aliphatic heterocycles. The number of carbonyl (C=O) groups excluding carboxylic acids is 2. The Balaban J connectivity index is 1.38. The highest BCUT2D eigenvalue weighted by Gasteiger charge is 2.14. The van der Waals surface area contributed by atoms with Gasteiger partial charge in [-0.3, -0.25) is 9.59 Å². The van der Waals surface area contributed by atoms with E-state index in [4.69, 9.17) is 4.74 Å². The zero-order chi connectivity index (χ0) is 23.9. The van der Waals surface area contributed by atoms with Crippen molar-refractivity contribution in [2.45, 2.75) is 26.5 Å². The Morgan fingerprint density at radius 2 is 1.71 bits per heavy atom. The van der Waals surface area contributed by atoms with Crippen LogP contribution in [0.2, 0.25) is 0 Å². The number of benzene rings is 3. The standard InChI is InChI=1S/C27H25N3O3S/c1-18(21-10-6-12-23(14-21)30-26(31)20-8-4-3-5-9-20)28-27(32)22-11-7-13-25(15-22)33-16-24-17-34-19(2)29-24/h3-15,17-18H,16H2,1-2H3,(H,28,32)(H,30,31). The molecule has 6 nitrogen and oxygen atoms in total. The minimum absolute atomic E-state index is 0.181. The van der Waals surface area contributed by atoms with Crippen LogP contribution in [-0.4, -0.2) is 16.8 Å². The molecule has 1 aromatic heterocycles. The van der Waals surface area contributed by atoms with Crippen LogP contribution in [0.5, 0.6) is 5.75 Å². The predicted molar refractivity (Wildman–Crippen MR) is 134 cm³/mol. The molecule has 7 heteroatoms. The van der Waals surface area contributed by atoms with E-state index >= 15 is 0 Å². The number of aryl methyl sites for hydroxylation is 1. The van der Waals surface area contributed by atoms with Gasteiger partial charge in [0, 0.05) is 22.2 Å². The molecular weight excluding hydrogens is 446 g/mol. The number of ether oxygens (including phenoxy) is 1. The third-order valence-electron chi connectivity index (χ3n) is 5.18. The van der Waals surface area contributed by atoms with Gasteiger partial charge in [-0.2, -0.15) is 0 Å². The molecule has 0 saturated carbocycles. The first kappa shape index (κ1) is 23.2. The smallest absolute Gasteiger partial charge is 0.255 e. The molecule has 2 N–H and O–H groups in total. The van der Waals surface area contributed by atoms with Crippen molar-refractivity contribution in [1.82, 2.24) is 10.3 Å². The SMILES string of the molecule is Cc1nc(COc2cccc(C(=O)NC(C)c3cccc(NC(=O)c4ccccc4)c3)c2)cs1. The molecule has 172 valence electrons. The lowest BCUT2D eigenvalue weighted by atomic mass is 10.1. The summed E-state index contributed by atoms with van der Waals surface area (Å²) in [5, 5.41) is 8.87. The highest BCUT2D eigenvalue weighted by molar-refractivity contribution is 7.09. The summed E-state index contributed by atoms with van der Waals surface area (Å²) in [4.78, 5) is 29.7. The Morgan fingerprint density at radius 3 is 2.47 bits per heavy atom. The van der Waals surface area contributed by atoms with Gasteiger partial charge in [0.1, 0.15) is 12.4 Å². The number of nitrogens with zero attached hydrogens (tertiary/aromatic N) is 1. The van der Waals surface area contributed by atoms with E-state index in [0.717, 1.165) is 16.3 Å². The molecule has 3 aromatic carbocycles. The van der Waals surface area contributed by atoms with Crippen molar-refractivity contribution < 1.29 is 14.3 Å². The molecule has 0 spiro atoms. The van der Waals surface area contributed by atoms with Gasteiger partial charge in [0.05, 0.1) is 16.7 Å². The van der Waals surface area contributed by atoms with Crippen LogP contribution in [0.15, 0.2) is 84.2 Å². The number of carbonyl (C=O) groups is 2. The van der Waals surface area contributed by atoms with Gasteiger partial charge in [-0.05, 0) is 61.9 Å². The fourth-order valence-corrected chi connectivity index (χ4v) is 4.00. The molecule has 1 heterocycles. The summed E-state index contributed by atoms with van der Waals surface area (Å²) in [6.45, 7) is 4.21. The molecule has 4 rings (SSSR count). The van der Waals surface area contributed by atoms with E-state index in [1.54, 1.807) is 41.7 Å². The zero-order valence-electron chi connectivity index (χ0n) is 18.9. The topological polar surface area (TPSA) is 80.3 Å². The number of rotatable bonds is 8. The molecule has 0 fully saturated rings. The van der Waals surface area contributed by atoms with Gasteiger partial charge < -0.3 is 15.4 Å². The predicted octanol–water partition coefficient (Wildman–Crippen LogP) is 5.77. The van der Waals surface area contributed by atoms with E-state index in [1.165, 1.54) is 0 Å². The van der Waals surface area contributed by atoms with Gasteiger partial charge in [-0.15, -0.1) is 11.3 Å². The van der Waals surface area contributed by atoms with Crippen LogP contribution in [0.1, 0.15) is 49.9 Å². The lowest BCUT2D eigenvalue weighted by Gasteiger charge is -2.16. The second-order valence-corrected chi connectivity index (χ2v) is 8.88. The van der Waals surface area contributed by atoms with Crippen molar-refractivity contribution in [3.05, 3.63) is 112 Å². The lowest BCUT2D eigenvalue weighted by molar-refractivity contribution is 0.0938. The second kappa shape index (κ2) is 10.8. The van der Waals surface area contributed by atoms with Crippen molar-refractivity contribution >= 4 is 28.8 Å². The van der Waals surface area contributed by atoms with Gasteiger partial charge in [0.25, 0.3) is 11.8 Å². The summed E-state index contributed by atoms with van der Waals surface area (Å²) in [6, 6.07) is 23.3. The van der Waals surface area contributed by atoms with Gasteiger partial charge in [-0.1, -0.05) is 36.4 Å². The molecule has 1 atom stereocenters. The van der Waals surface area contributed by atoms with Crippen LogP contribution in [0, 0.1) is 6.92 Å². The molecule has 4 aromatic rings. The monoisotopic (exact) mass is 471 g/mol. The molecule has 34 heavy (non-hydrogen) atoms. The van der Waals surface area contributed by atoms with E-state index in [2.05, 4.69) is 15.6 Å². The molecule has 0 aliphatic carbocycles. The maximum atomic E-state index is 12.9. The first-order valence-corrected chi connectivity index (χ1v) is 11.8. The Morgan fingerprint density at radius 1 is 0.941 bits per heavy atom. The van der Waals surface area contributed by atoms with Crippen molar-refractivity contribution in [2.75, 3.05) is 5.32 Å². The highest BCUT2D eigenvalue weighted by Crippen LogP contribution is 2.20. The summed E-state index contributed by atoms with van der Waals surface area (Å²) in [5.74, 6) is 0.219. The summed E-state index contributed by atoms with van der Waals surface area (Å²) in [7, 11) is 0. The highest BCUT2D eigenvalue weighted by atomic mass is 32.1. The van der Waals surface area contributed by atoms with Crippen LogP contribution in [0.3, 0.4) is 0 Å². The Kier molecular flexibility index (Phi) is 7.34. The number of thiazole rings is 1. The number of amides is 2. The molecule has 0 saturated heterocycles. The average molecular weight is 472 g/mol. The van der Waals surface area contributed by atoms with Crippen molar-refractivity contribution in [3.63, 3.8) is 0 Å². The van der Waals surface area contributed by atoms with Gasteiger partial charge in [-0.25, -0.2) is 4.98 Å². The van der Waals surface area contributed by atoms with Gasteiger partial charge >= 0.3 is 0 Å². The Bertz CT molecular complexity index is 1290. The fraction of sp³-hybridized carbons (Fsp3) is 0.148. The number of hydrogen-bond acceptors (Lipinski definition) is 5. The normalized spacial score (nSPS) is 11.5. The molecule has 1 unspecified atom stereocenters. The number of nitrogens with one attached hydrogen (secondary N) is 2. The van der Waals surface area contributed by atoms with E-state index in [0.29, 0.717) is 29.2 Å². The van der Waals surface area contributed by atoms with Crippen LogP contribution in [0.4, 0.5) is 5.69 Å². The summed E-state index contributed by atoms with van der Waals surface area (Å²) >= 11 is 1.58. The maximum absolute atomic E-state index is 12.9. The molecular formula is C27H25N3O3S. The number of hydrogen-bond donors (Lipinski definition) is 2. The molecule has 2 amide bonds. The van der Waals surface area contributed by atoms with Crippen LogP contribution in [-0.2, 0) is 6.61 Å². The maximum Gasteiger partial charge on any atom is 0.255 e. The third kappa shape index (κ3) is 6.08. The minimum Gasteiger partial charge on any atom is -0.487 e. The summed E-state index contributed by atoms with van der Waals surface area (Å²) < 4.78 is 5.80. The third-order valence-corrected chi connectivity index (χ3v) is 6.00. The second-order valence-electron chi connectivity index (χ2n) is 7.82. The Hall–Kier alpha value is -3.97. The van der Waals surface area contributed by atoms with Crippen LogP contribution in [0.25, 0.3) is 0 Å². The summed E-state index contributed by atoms with van der Waals surface area (Å²) in [5.41, 5.74) is 3.50. The van der Waals surface area contributed by atoms with Crippen molar-refractivity contribution in [1.29, 1.82) is 0 Å². The number of anilines is 1.